The number of ether oxygens (including phenoxy) is 1. The number of hydrogen-bond donors (Lipinski definition) is 1. The molecule has 1 unspecified atom stereocenters. The molecule has 0 aliphatic heterocycles. The SMILES string of the molecule is C=CC(=O)OC(C)C(=O)O.[NaH]. The topological polar surface area (TPSA) is 63.6 Å². The van der Waals surface area contributed by atoms with E-state index in [0.29, 0.717) is 0 Å². The van der Waals surface area contributed by atoms with Gasteiger partial charge in [0.15, 0.2) is 6.10 Å². The van der Waals surface area contributed by atoms with Gasteiger partial charge in [0.1, 0.15) is 0 Å². The number of esters is 1. The van der Waals surface area contributed by atoms with Gasteiger partial charge >= 0.3 is 41.5 Å². The summed E-state index contributed by atoms with van der Waals surface area (Å²) >= 11 is 0. The third kappa shape index (κ3) is 6.09. The first kappa shape index (κ1) is 13.3. The van der Waals surface area contributed by atoms with Crippen molar-refractivity contribution in [3.8, 4) is 0 Å². The Hall–Kier alpha value is -0.320. The van der Waals surface area contributed by atoms with Crippen molar-refractivity contribution in [3.63, 3.8) is 0 Å². The van der Waals surface area contributed by atoms with Gasteiger partial charge in [-0.05, 0) is 6.92 Å². The third-order valence-electron chi connectivity index (χ3n) is 0.807. The molecular formula is C6H9NaO4. The van der Waals surface area contributed by atoms with E-state index < -0.39 is 18.0 Å². The first-order valence-corrected chi connectivity index (χ1v) is 2.63. The molecule has 1 atom stereocenters. The first-order chi connectivity index (χ1) is 4.57. The predicted molar refractivity (Wildman–Crippen MR) is 40.5 cm³/mol. The van der Waals surface area contributed by atoms with Gasteiger partial charge in [-0.25, -0.2) is 9.59 Å². The van der Waals surface area contributed by atoms with Crippen LogP contribution >= 0.6 is 0 Å². The van der Waals surface area contributed by atoms with Crippen LogP contribution in [-0.4, -0.2) is 52.7 Å². The van der Waals surface area contributed by atoms with Crippen LogP contribution in [0.1, 0.15) is 6.92 Å². The van der Waals surface area contributed by atoms with E-state index in [2.05, 4.69) is 11.3 Å². The van der Waals surface area contributed by atoms with E-state index in [4.69, 9.17) is 5.11 Å². The second-order valence-corrected chi connectivity index (χ2v) is 1.62. The van der Waals surface area contributed by atoms with Gasteiger partial charge in [-0.2, -0.15) is 0 Å². The van der Waals surface area contributed by atoms with Crippen LogP contribution in [0.15, 0.2) is 12.7 Å². The van der Waals surface area contributed by atoms with Gasteiger partial charge in [-0.1, -0.05) is 6.58 Å². The number of carboxylic acids is 1. The van der Waals surface area contributed by atoms with Crippen LogP contribution in [0.3, 0.4) is 0 Å². The Kier molecular flexibility index (Phi) is 7.72. The zero-order valence-corrected chi connectivity index (χ0v) is 5.53. The fourth-order valence-electron chi connectivity index (χ4n) is 0.273. The average Bonchev–Trinajstić information content (AvgIpc) is 1.87. The monoisotopic (exact) mass is 168 g/mol. The molecule has 0 fully saturated rings. The Labute approximate surface area is 86.5 Å². The number of aliphatic carboxylic acids is 1. The summed E-state index contributed by atoms with van der Waals surface area (Å²) in [5.41, 5.74) is 0. The number of carboxylic acid groups (broad SMARTS) is 1. The molecule has 4 nitrogen and oxygen atoms in total. The van der Waals surface area contributed by atoms with E-state index in [-0.39, 0.29) is 29.6 Å². The van der Waals surface area contributed by atoms with E-state index in [1.165, 1.54) is 6.92 Å². The minimum absolute atomic E-state index is 0. The molecule has 0 aromatic rings. The van der Waals surface area contributed by atoms with E-state index in [0.717, 1.165) is 6.08 Å². The summed E-state index contributed by atoms with van der Waals surface area (Å²) in [5.74, 6) is -1.90. The number of carbonyl (C=O) groups excluding carboxylic acids is 1. The van der Waals surface area contributed by atoms with Crippen LogP contribution in [0, 0.1) is 0 Å². The fourth-order valence-corrected chi connectivity index (χ4v) is 0.273. The maximum atomic E-state index is 10.3. The van der Waals surface area contributed by atoms with E-state index in [9.17, 15) is 9.59 Å². The van der Waals surface area contributed by atoms with E-state index in [1.807, 2.05) is 0 Å². The molecule has 0 rings (SSSR count). The van der Waals surface area contributed by atoms with Crippen LogP contribution < -0.4 is 0 Å². The molecule has 1 N–H and O–H groups in total. The summed E-state index contributed by atoms with van der Waals surface area (Å²) in [7, 11) is 0. The Morgan fingerprint density at radius 1 is 1.64 bits per heavy atom. The molecule has 0 aromatic heterocycles. The van der Waals surface area contributed by atoms with Crippen LogP contribution in [0.5, 0.6) is 0 Å². The van der Waals surface area contributed by atoms with E-state index in [1.54, 1.807) is 0 Å². The maximum absolute atomic E-state index is 10.3. The Morgan fingerprint density at radius 2 is 2.09 bits per heavy atom. The predicted octanol–water partition coefficient (Wildman–Crippen LogP) is -0.460. The molecule has 0 saturated heterocycles. The number of hydrogen-bond acceptors (Lipinski definition) is 3. The van der Waals surface area contributed by atoms with Gasteiger partial charge in [0, 0.05) is 6.08 Å². The summed E-state index contributed by atoms with van der Waals surface area (Å²) in [4.78, 5) is 20.4. The second kappa shape index (κ2) is 6.39. The molecule has 0 aromatic carbocycles. The standard InChI is InChI=1S/C6H8O4.Na.H/c1-3-5(7)10-4(2)6(8)9;;/h3-4H,1H2,2H3,(H,8,9);;. The van der Waals surface area contributed by atoms with Gasteiger partial charge < -0.3 is 9.84 Å². The van der Waals surface area contributed by atoms with Gasteiger partial charge in [0.2, 0.25) is 0 Å². The zero-order chi connectivity index (χ0) is 8.15. The zero-order valence-electron chi connectivity index (χ0n) is 5.53. The molecule has 0 radical (unpaired) electrons. The molecule has 0 aliphatic rings. The van der Waals surface area contributed by atoms with Crippen molar-refractivity contribution in [2.24, 2.45) is 0 Å². The van der Waals surface area contributed by atoms with Gasteiger partial charge in [0.05, 0.1) is 0 Å². The average molecular weight is 168 g/mol. The van der Waals surface area contributed by atoms with Crippen LogP contribution in [0.4, 0.5) is 0 Å². The fraction of sp³-hybridized carbons (Fsp3) is 0.333. The van der Waals surface area contributed by atoms with Gasteiger partial charge in [0.25, 0.3) is 0 Å². The minimum atomic E-state index is -1.17. The summed E-state index contributed by atoms with van der Waals surface area (Å²) in [6.07, 6.45) is -0.190. The normalized spacial score (nSPS) is 10.6. The molecular weight excluding hydrogens is 159 g/mol. The third-order valence-corrected chi connectivity index (χ3v) is 0.807. The second-order valence-electron chi connectivity index (χ2n) is 1.62. The number of rotatable bonds is 3. The van der Waals surface area contributed by atoms with Gasteiger partial charge in [-0.3, -0.25) is 0 Å². The van der Waals surface area contributed by atoms with Crippen molar-refractivity contribution in [2.75, 3.05) is 0 Å². The first-order valence-electron chi connectivity index (χ1n) is 2.63. The quantitative estimate of drug-likeness (QED) is 0.352. The van der Waals surface area contributed by atoms with Gasteiger partial charge in [-0.15, -0.1) is 0 Å². The van der Waals surface area contributed by atoms with E-state index >= 15 is 0 Å². The molecule has 58 valence electrons. The molecule has 0 bridgehead atoms. The van der Waals surface area contributed by atoms with Crippen molar-refractivity contribution < 1.29 is 19.4 Å². The molecule has 0 amide bonds. The number of carbonyl (C=O) groups is 2. The molecule has 0 saturated carbocycles. The van der Waals surface area contributed by atoms with Crippen molar-refractivity contribution in [1.82, 2.24) is 0 Å². The van der Waals surface area contributed by atoms with Crippen molar-refractivity contribution >= 4 is 41.5 Å². The Morgan fingerprint density at radius 3 is 2.36 bits per heavy atom. The Bertz CT molecular complexity index is 166. The molecule has 0 heterocycles. The molecule has 0 aliphatic carbocycles. The van der Waals surface area contributed by atoms with Crippen LogP contribution in [0.2, 0.25) is 0 Å². The molecule has 5 heteroatoms. The van der Waals surface area contributed by atoms with Crippen molar-refractivity contribution in [1.29, 1.82) is 0 Å². The summed E-state index contributed by atoms with van der Waals surface area (Å²) in [6, 6.07) is 0. The van der Waals surface area contributed by atoms with Crippen molar-refractivity contribution in [2.45, 2.75) is 13.0 Å². The summed E-state index contributed by atoms with van der Waals surface area (Å²) < 4.78 is 4.30. The van der Waals surface area contributed by atoms with Crippen LogP contribution in [-0.2, 0) is 14.3 Å². The summed E-state index contributed by atoms with van der Waals surface area (Å²) in [6.45, 7) is 4.37. The summed E-state index contributed by atoms with van der Waals surface area (Å²) in [5, 5.41) is 8.21. The van der Waals surface area contributed by atoms with Crippen molar-refractivity contribution in [3.05, 3.63) is 12.7 Å². The molecule has 11 heavy (non-hydrogen) atoms. The molecule has 0 spiro atoms. The Balaban J connectivity index is 0. The van der Waals surface area contributed by atoms with Crippen LogP contribution in [0.25, 0.3) is 0 Å².